The van der Waals surface area contributed by atoms with Gasteiger partial charge in [-0.15, -0.1) is 0 Å². The monoisotopic (exact) mass is 344 g/mol. The third-order valence-corrected chi connectivity index (χ3v) is 3.51. The average Bonchev–Trinajstić information content (AvgIpc) is 2.50. The first-order valence-corrected chi connectivity index (χ1v) is 6.94. The summed E-state index contributed by atoms with van der Waals surface area (Å²) in [6.07, 6.45) is 3.33. The Kier molecular flexibility index (Phi) is 3.62. The van der Waals surface area contributed by atoms with Crippen LogP contribution in [0.1, 0.15) is 0 Å². The predicted molar refractivity (Wildman–Crippen MR) is 82.8 cm³/mol. The molecule has 0 amide bonds. The van der Waals surface area contributed by atoms with E-state index in [1.807, 2.05) is 12.1 Å². The van der Waals surface area contributed by atoms with E-state index in [2.05, 4.69) is 30.9 Å². The number of rotatable bonds is 2. The Balaban J connectivity index is 2.26. The first-order valence-electron chi connectivity index (χ1n) is 6.14. The van der Waals surface area contributed by atoms with Crippen molar-refractivity contribution in [3.63, 3.8) is 0 Å². The van der Waals surface area contributed by atoms with Crippen LogP contribution in [0, 0.1) is 5.82 Å². The van der Waals surface area contributed by atoms with Crippen molar-refractivity contribution in [1.29, 1.82) is 0 Å². The van der Waals surface area contributed by atoms with Crippen molar-refractivity contribution < 1.29 is 4.39 Å². The van der Waals surface area contributed by atoms with Gasteiger partial charge in [0, 0.05) is 23.5 Å². The van der Waals surface area contributed by atoms with Crippen LogP contribution in [0.2, 0.25) is 0 Å². The van der Waals surface area contributed by atoms with Crippen LogP contribution in [0.3, 0.4) is 0 Å². The van der Waals surface area contributed by atoms with E-state index in [1.54, 1.807) is 24.5 Å². The normalized spacial score (nSPS) is 10.6. The molecule has 0 aliphatic rings. The first-order chi connectivity index (χ1) is 10.1. The van der Waals surface area contributed by atoms with E-state index in [1.165, 1.54) is 12.1 Å². The molecule has 21 heavy (non-hydrogen) atoms. The van der Waals surface area contributed by atoms with Gasteiger partial charge in [-0.25, -0.2) is 14.4 Å². The molecular weight excluding hydrogens is 335 g/mol. The zero-order chi connectivity index (χ0) is 14.8. The van der Waals surface area contributed by atoms with Gasteiger partial charge in [-0.05, 0) is 40.2 Å². The summed E-state index contributed by atoms with van der Waals surface area (Å²) >= 11 is 3.28. The van der Waals surface area contributed by atoms with E-state index < -0.39 is 0 Å². The van der Waals surface area contributed by atoms with Gasteiger partial charge in [-0.3, -0.25) is 4.98 Å². The number of nitrogens with zero attached hydrogens (tertiary/aromatic N) is 3. The average molecular weight is 345 g/mol. The molecule has 0 fully saturated rings. The number of hydrogen-bond acceptors (Lipinski definition) is 4. The highest BCUT2D eigenvalue weighted by molar-refractivity contribution is 9.10. The Morgan fingerprint density at radius 1 is 0.952 bits per heavy atom. The minimum absolute atomic E-state index is 0.257. The van der Waals surface area contributed by atoms with Gasteiger partial charge in [-0.1, -0.05) is 12.1 Å². The molecule has 2 aromatic heterocycles. The standard InChI is InChI=1S/C15H10BrFN4/c16-14-15(18)21-13(10-2-1-3-11(17)8-10)12(20-14)9-4-6-19-7-5-9/h1-8H,(H2,18,21). The van der Waals surface area contributed by atoms with Crippen LogP contribution < -0.4 is 5.73 Å². The number of nitrogens with two attached hydrogens (primary N) is 1. The number of hydrogen-bond donors (Lipinski definition) is 1. The van der Waals surface area contributed by atoms with Crippen LogP contribution in [0.5, 0.6) is 0 Å². The van der Waals surface area contributed by atoms with E-state index in [0.29, 0.717) is 21.6 Å². The van der Waals surface area contributed by atoms with Crippen molar-refractivity contribution in [3.05, 3.63) is 59.2 Å². The van der Waals surface area contributed by atoms with Crippen LogP contribution in [-0.2, 0) is 0 Å². The van der Waals surface area contributed by atoms with E-state index in [9.17, 15) is 4.39 Å². The van der Waals surface area contributed by atoms with Crippen LogP contribution >= 0.6 is 15.9 Å². The van der Waals surface area contributed by atoms with Gasteiger partial charge in [0.25, 0.3) is 0 Å². The van der Waals surface area contributed by atoms with Gasteiger partial charge < -0.3 is 5.73 Å². The molecule has 104 valence electrons. The topological polar surface area (TPSA) is 64.7 Å². The number of pyridine rings is 1. The maximum atomic E-state index is 13.5. The molecule has 0 aliphatic heterocycles. The Hall–Kier alpha value is -2.34. The number of anilines is 1. The lowest BCUT2D eigenvalue weighted by atomic mass is 10.1. The molecular formula is C15H10BrFN4. The number of halogens is 2. The quantitative estimate of drug-likeness (QED) is 0.769. The molecule has 6 heteroatoms. The molecule has 0 atom stereocenters. The highest BCUT2D eigenvalue weighted by Crippen LogP contribution is 2.32. The second kappa shape index (κ2) is 5.57. The summed E-state index contributed by atoms with van der Waals surface area (Å²) in [6.45, 7) is 0. The fourth-order valence-electron chi connectivity index (χ4n) is 1.98. The van der Waals surface area contributed by atoms with Crippen LogP contribution in [0.4, 0.5) is 10.2 Å². The van der Waals surface area contributed by atoms with E-state index >= 15 is 0 Å². The number of aromatic nitrogens is 3. The Morgan fingerprint density at radius 2 is 1.67 bits per heavy atom. The molecule has 1 aromatic carbocycles. The molecule has 3 aromatic rings. The van der Waals surface area contributed by atoms with Crippen molar-refractivity contribution in [2.45, 2.75) is 0 Å². The minimum Gasteiger partial charge on any atom is -0.381 e. The molecule has 0 radical (unpaired) electrons. The summed E-state index contributed by atoms with van der Waals surface area (Å²) in [7, 11) is 0. The Morgan fingerprint density at radius 3 is 2.38 bits per heavy atom. The molecule has 0 aliphatic carbocycles. The van der Waals surface area contributed by atoms with Crippen molar-refractivity contribution in [3.8, 4) is 22.5 Å². The van der Waals surface area contributed by atoms with Crippen molar-refractivity contribution in [2.24, 2.45) is 0 Å². The van der Waals surface area contributed by atoms with Crippen molar-refractivity contribution >= 4 is 21.7 Å². The lowest BCUT2D eigenvalue weighted by molar-refractivity contribution is 0.628. The molecule has 2 N–H and O–H groups in total. The number of benzene rings is 1. The molecule has 0 spiro atoms. The van der Waals surface area contributed by atoms with Gasteiger partial charge in [0.15, 0.2) is 5.82 Å². The smallest absolute Gasteiger partial charge is 0.157 e. The van der Waals surface area contributed by atoms with Gasteiger partial charge in [-0.2, -0.15) is 0 Å². The van der Waals surface area contributed by atoms with Gasteiger partial charge >= 0.3 is 0 Å². The van der Waals surface area contributed by atoms with Gasteiger partial charge in [0.1, 0.15) is 10.4 Å². The maximum absolute atomic E-state index is 13.5. The third kappa shape index (κ3) is 2.75. The second-order valence-electron chi connectivity index (χ2n) is 4.34. The van der Waals surface area contributed by atoms with Crippen LogP contribution in [-0.4, -0.2) is 15.0 Å². The fourth-order valence-corrected chi connectivity index (χ4v) is 2.24. The highest BCUT2D eigenvalue weighted by Gasteiger charge is 2.14. The summed E-state index contributed by atoms with van der Waals surface area (Å²) in [4.78, 5) is 12.8. The highest BCUT2D eigenvalue weighted by atomic mass is 79.9. The Bertz CT molecular complexity index is 793. The SMILES string of the molecule is Nc1nc(-c2cccc(F)c2)c(-c2ccncc2)nc1Br. The summed E-state index contributed by atoms with van der Waals surface area (Å²) in [6, 6.07) is 9.81. The summed E-state index contributed by atoms with van der Waals surface area (Å²) in [5.74, 6) is -0.0801. The maximum Gasteiger partial charge on any atom is 0.157 e. The summed E-state index contributed by atoms with van der Waals surface area (Å²) in [5, 5.41) is 0. The summed E-state index contributed by atoms with van der Waals surface area (Å²) in [5.41, 5.74) is 8.41. The third-order valence-electron chi connectivity index (χ3n) is 2.93. The van der Waals surface area contributed by atoms with Crippen molar-refractivity contribution in [2.75, 3.05) is 5.73 Å². The Labute approximate surface area is 129 Å². The van der Waals surface area contributed by atoms with Crippen molar-refractivity contribution in [1.82, 2.24) is 15.0 Å². The second-order valence-corrected chi connectivity index (χ2v) is 5.09. The van der Waals surface area contributed by atoms with Crippen LogP contribution in [0.15, 0.2) is 53.4 Å². The largest absolute Gasteiger partial charge is 0.381 e. The molecule has 2 heterocycles. The van der Waals surface area contributed by atoms with Crippen LogP contribution in [0.25, 0.3) is 22.5 Å². The van der Waals surface area contributed by atoms with E-state index in [-0.39, 0.29) is 11.6 Å². The lowest BCUT2D eigenvalue weighted by Crippen LogP contribution is -2.00. The van der Waals surface area contributed by atoms with E-state index in [0.717, 1.165) is 5.56 Å². The zero-order valence-corrected chi connectivity index (χ0v) is 12.4. The number of nitrogen functional groups attached to an aromatic ring is 1. The molecule has 0 saturated heterocycles. The lowest BCUT2D eigenvalue weighted by Gasteiger charge is -2.10. The van der Waals surface area contributed by atoms with E-state index in [4.69, 9.17) is 5.73 Å². The fraction of sp³-hybridized carbons (Fsp3) is 0. The summed E-state index contributed by atoms with van der Waals surface area (Å²) < 4.78 is 13.9. The molecule has 4 nitrogen and oxygen atoms in total. The predicted octanol–water partition coefficient (Wildman–Crippen LogP) is 3.69. The molecule has 0 saturated carbocycles. The molecule has 3 rings (SSSR count). The minimum atomic E-state index is -0.337. The molecule has 0 unspecified atom stereocenters. The van der Waals surface area contributed by atoms with Gasteiger partial charge in [0.2, 0.25) is 0 Å². The zero-order valence-electron chi connectivity index (χ0n) is 10.8. The molecule has 0 bridgehead atoms. The first kappa shape index (κ1) is 13.6. The van der Waals surface area contributed by atoms with Gasteiger partial charge in [0.05, 0.1) is 11.4 Å².